The number of azide groups is 1. The molecule has 1 fully saturated rings. The second-order valence-electron chi connectivity index (χ2n) is 5.07. The lowest BCUT2D eigenvalue weighted by molar-refractivity contribution is -0.152. The van der Waals surface area contributed by atoms with E-state index in [9.17, 15) is 23.4 Å². The molecule has 1 aliphatic heterocycles. The van der Waals surface area contributed by atoms with E-state index in [2.05, 4.69) is 23.2 Å². The van der Waals surface area contributed by atoms with Gasteiger partial charge in [-0.05, 0) is 5.53 Å². The van der Waals surface area contributed by atoms with Crippen molar-refractivity contribution < 1.29 is 60.7 Å². The molecule has 4 N–H and O–H groups in total. The minimum absolute atomic E-state index is 0.0162. The molecule has 0 bridgehead atoms. The van der Waals surface area contributed by atoms with Crippen molar-refractivity contribution in [2.45, 2.75) is 31.1 Å². The molecule has 2 radical (unpaired) electrons. The van der Waals surface area contributed by atoms with Crippen LogP contribution >= 0.6 is 23.5 Å². The Bertz CT molecular complexity index is 753. The molecule has 20 heteroatoms. The normalized spacial score (nSPS) is 26.6. The fourth-order valence-electron chi connectivity index (χ4n) is 1.90. The Kier molecular flexibility index (Phi) is 9.29. The van der Waals surface area contributed by atoms with Gasteiger partial charge >= 0.3 is 29.4 Å². The largest absolute Gasteiger partial charge is 0.490 e. The highest BCUT2D eigenvalue weighted by Gasteiger charge is 2.43. The maximum absolute atomic E-state index is 11.7. The van der Waals surface area contributed by atoms with Crippen LogP contribution in [0.15, 0.2) is 5.11 Å². The van der Waals surface area contributed by atoms with Crippen LogP contribution < -0.4 is 0 Å². The van der Waals surface area contributed by atoms with Crippen molar-refractivity contribution in [3.05, 3.63) is 10.4 Å². The van der Waals surface area contributed by atoms with Crippen LogP contribution in [0.3, 0.4) is 0 Å². The summed E-state index contributed by atoms with van der Waals surface area (Å²) in [6.07, 6.45) is -2.47. The smallest absolute Gasteiger partial charge is 0.459 e. The summed E-state index contributed by atoms with van der Waals surface area (Å²) in [7, 11) is -11.0. The van der Waals surface area contributed by atoms with E-state index in [-0.39, 0.29) is 19.4 Å². The molecule has 0 aromatic carbocycles. The van der Waals surface area contributed by atoms with Gasteiger partial charge in [-0.3, -0.25) is 9.32 Å². The molecule has 16 nitrogen and oxygen atoms in total. The third-order valence-electron chi connectivity index (χ3n) is 2.81. The van der Waals surface area contributed by atoms with E-state index in [1.54, 1.807) is 0 Å². The van der Waals surface area contributed by atoms with Crippen LogP contribution in [-0.2, 0) is 41.1 Å². The third-order valence-corrected chi connectivity index (χ3v) is 6.61. The van der Waals surface area contributed by atoms with Crippen LogP contribution in [-0.4, -0.2) is 64.8 Å². The van der Waals surface area contributed by atoms with Crippen molar-refractivity contribution in [3.63, 3.8) is 0 Å². The third kappa shape index (κ3) is 10.1. The van der Waals surface area contributed by atoms with Gasteiger partial charge in [-0.1, -0.05) is 5.11 Å². The van der Waals surface area contributed by atoms with Crippen LogP contribution in [0.2, 0.25) is 0 Å². The highest BCUT2D eigenvalue weighted by molar-refractivity contribution is 7.66. The summed E-state index contributed by atoms with van der Waals surface area (Å²) in [6.45, 7) is -0.979. The number of hydrogen-bond donors (Lipinski definition) is 4. The van der Waals surface area contributed by atoms with E-state index in [0.29, 0.717) is 0 Å². The first kappa shape index (κ1) is 25.3. The quantitative estimate of drug-likeness (QED) is 0.0798. The molecule has 158 valence electrons. The maximum Gasteiger partial charge on any atom is 0.490 e. The van der Waals surface area contributed by atoms with Crippen LogP contribution in [0, 0.1) is 0 Å². The standard InChI is InChI=1S/C8H15BN3O13P3/c9-7-3-5(23-8(13)1-2-11-12-10)6(22-7)4-21-27(17,18)25-28(19,20)24-26(14,15)16/h5-7H,1-4H2,(H,17,18)(H,19,20)(H2,14,15,16)/t5?,6-,7-/m1/s1. The van der Waals surface area contributed by atoms with Crippen LogP contribution in [0.25, 0.3) is 10.4 Å². The summed E-state index contributed by atoms with van der Waals surface area (Å²) in [4.78, 5) is 49.4. The van der Waals surface area contributed by atoms with E-state index in [0.717, 1.165) is 0 Å². The van der Waals surface area contributed by atoms with Gasteiger partial charge in [-0.15, -0.1) is 0 Å². The number of rotatable bonds is 11. The first-order chi connectivity index (χ1) is 12.7. The number of hydrogen-bond acceptors (Lipinski definition) is 10. The van der Waals surface area contributed by atoms with Gasteiger partial charge in [0, 0.05) is 23.9 Å². The van der Waals surface area contributed by atoms with E-state index < -0.39 is 54.3 Å². The van der Waals surface area contributed by atoms with Gasteiger partial charge in [0.2, 0.25) is 0 Å². The zero-order valence-electron chi connectivity index (χ0n) is 13.8. The van der Waals surface area contributed by atoms with Crippen molar-refractivity contribution >= 4 is 37.3 Å². The summed E-state index contributed by atoms with van der Waals surface area (Å²) < 4.78 is 55.1. The molecule has 0 saturated carbocycles. The van der Waals surface area contributed by atoms with Gasteiger partial charge in [0.25, 0.3) is 0 Å². The van der Waals surface area contributed by atoms with Gasteiger partial charge in [0.15, 0.2) is 0 Å². The fourth-order valence-corrected chi connectivity index (χ4v) is 4.93. The molecule has 5 atom stereocenters. The molecule has 1 aliphatic rings. The van der Waals surface area contributed by atoms with Gasteiger partial charge in [0.1, 0.15) is 20.1 Å². The number of phosphoric acid groups is 3. The first-order valence-electron chi connectivity index (χ1n) is 7.13. The van der Waals surface area contributed by atoms with Crippen LogP contribution in [0.5, 0.6) is 0 Å². The Hall–Kier alpha value is -0.785. The Labute approximate surface area is 158 Å². The molecule has 0 amide bonds. The molecule has 1 rings (SSSR count). The number of nitrogens with zero attached hydrogens (tertiary/aromatic N) is 3. The summed E-state index contributed by atoms with van der Waals surface area (Å²) in [6, 6.07) is -0.926. The SMILES string of the molecule is [B][C@H]1CC(OC(=O)CCN=[N+]=[N-])[C@@H](COP(=O)(O)OP(=O)(O)OP(=O)(O)O)O1. The number of carbonyl (C=O) groups excluding carboxylic acids is 1. The molecule has 0 aromatic rings. The first-order valence-corrected chi connectivity index (χ1v) is 11.6. The molecular weight excluding hydrogens is 450 g/mol. The summed E-state index contributed by atoms with van der Waals surface area (Å²) in [5, 5.41) is 3.14. The van der Waals surface area contributed by atoms with Crippen LogP contribution in [0.1, 0.15) is 12.8 Å². The average Bonchev–Trinajstić information content (AvgIpc) is 2.81. The average molecular weight is 465 g/mol. The molecule has 3 unspecified atom stereocenters. The Morgan fingerprint density at radius 1 is 1.21 bits per heavy atom. The minimum Gasteiger partial charge on any atom is -0.459 e. The lowest BCUT2D eigenvalue weighted by Gasteiger charge is -2.21. The van der Waals surface area contributed by atoms with Crippen molar-refractivity contribution in [1.82, 2.24) is 0 Å². The zero-order valence-corrected chi connectivity index (χ0v) is 16.5. The van der Waals surface area contributed by atoms with Crippen molar-refractivity contribution in [2.24, 2.45) is 5.11 Å². The highest BCUT2D eigenvalue weighted by Crippen LogP contribution is 2.66. The van der Waals surface area contributed by atoms with Crippen LogP contribution in [0.4, 0.5) is 0 Å². The number of esters is 1. The van der Waals surface area contributed by atoms with Gasteiger partial charge in [0.05, 0.1) is 13.0 Å². The predicted molar refractivity (Wildman–Crippen MR) is 87.4 cm³/mol. The second-order valence-corrected chi connectivity index (χ2v) is 9.49. The highest BCUT2D eigenvalue weighted by atomic mass is 31.3. The zero-order chi connectivity index (χ0) is 21.6. The summed E-state index contributed by atoms with van der Waals surface area (Å²) in [5.74, 6) is -0.779. The van der Waals surface area contributed by atoms with E-state index in [1.807, 2.05) is 0 Å². The molecule has 1 saturated heterocycles. The maximum atomic E-state index is 11.7. The Morgan fingerprint density at radius 2 is 1.86 bits per heavy atom. The molecule has 1 heterocycles. The molecule has 0 spiro atoms. The molecule has 28 heavy (non-hydrogen) atoms. The Morgan fingerprint density at radius 3 is 2.43 bits per heavy atom. The van der Waals surface area contributed by atoms with Crippen molar-refractivity contribution in [2.75, 3.05) is 13.2 Å². The topological polar surface area (TPSA) is 244 Å². The number of carbonyl (C=O) groups is 1. The van der Waals surface area contributed by atoms with E-state index in [4.69, 9.17) is 37.5 Å². The lowest BCUT2D eigenvalue weighted by atomic mass is 9.96. The lowest BCUT2D eigenvalue weighted by Crippen LogP contribution is -2.31. The predicted octanol–water partition coefficient (Wildman–Crippen LogP) is 0.225. The molecule has 0 aromatic heterocycles. The number of phosphoric ester groups is 1. The molecular formula is C8H15BN3O13P3. The van der Waals surface area contributed by atoms with Crippen molar-refractivity contribution in [1.29, 1.82) is 0 Å². The second kappa shape index (κ2) is 10.3. The van der Waals surface area contributed by atoms with Gasteiger partial charge in [-0.25, -0.2) is 13.7 Å². The van der Waals surface area contributed by atoms with E-state index >= 15 is 0 Å². The van der Waals surface area contributed by atoms with E-state index in [1.165, 1.54) is 0 Å². The van der Waals surface area contributed by atoms with Gasteiger partial charge in [-0.2, -0.15) is 8.62 Å². The summed E-state index contributed by atoms with van der Waals surface area (Å²) >= 11 is 0. The van der Waals surface area contributed by atoms with Gasteiger partial charge < -0.3 is 29.0 Å². The fraction of sp³-hybridized carbons (Fsp3) is 0.875. The monoisotopic (exact) mass is 465 g/mol. The summed E-state index contributed by atoms with van der Waals surface area (Å²) in [5.41, 5.74) is 8.13. The minimum atomic E-state index is -5.65. The number of ether oxygens (including phenoxy) is 2. The van der Waals surface area contributed by atoms with Crippen molar-refractivity contribution in [3.8, 4) is 0 Å². The molecule has 0 aliphatic carbocycles. The Balaban J connectivity index is 2.63.